The number of hydrogen-bond donors (Lipinski definition) is 0. The summed E-state index contributed by atoms with van der Waals surface area (Å²) in [6, 6.07) is 0. The van der Waals surface area contributed by atoms with E-state index in [1.807, 2.05) is 0 Å². The third-order valence-electron chi connectivity index (χ3n) is 2.34. The van der Waals surface area contributed by atoms with E-state index in [1.165, 1.54) is 0 Å². The van der Waals surface area contributed by atoms with Crippen LogP contribution in [0.25, 0.3) is 0 Å². The minimum Gasteiger partial charge on any atom is -0.261 e. The second-order valence-corrected chi connectivity index (χ2v) is 3.45. The summed E-state index contributed by atoms with van der Waals surface area (Å²) in [5, 5.41) is 8.20. The average molecular weight is 224 g/mol. The second-order valence-electron chi connectivity index (χ2n) is 3.45. The molecule has 1 aliphatic rings. The van der Waals surface area contributed by atoms with Crippen LogP contribution in [0.2, 0.25) is 0 Å². The molecule has 0 saturated carbocycles. The highest BCUT2D eigenvalue weighted by Gasteiger charge is 2.17. The van der Waals surface area contributed by atoms with Crippen molar-refractivity contribution in [2.45, 2.75) is 6.42 Å². The van der Waals surface area contributed by atoms with Crippen LogP contribution in [0.1, 0.15) is 17.8 Å². The van der Waals surface area contributed by atoms with Gasteiger partial charge >= 0.3 is 0 Å². The molecule has 6 heteroatoms. The zero-order valence-corrected chi connectivity index (χ0v) is 8.85. The fraction of sp³-hybridized carbons (Fsp3) is 0.0909. The van der Waals surface area contributed by atoms with Gasteiger partial charge < -0.3 is 0 Å². The largest absolute Gasteiger partial charge is 0.261 e. The SMILES string of the molecule is c1cnc(C2=NN=C(c3cnccn3)C2)cn1. The summed E-state index contributed by atoms with van der Waals surface area (Å²) in [6.07, 6.45) is 10.5. The first-order valence-electron chi connectivity index (χ1n) is 5.09. The van der Waals surface area contributed by atoms with Gasteiger partial charge in [-0.05, 0) is 0 Å². The smallest absolute Gasteiger partial charge is 0.105 e. The summed E-state index contributed by atoms with van der Waals surface area (Å²) >= 11 is 0. The molecule has 3 heterocycles. The minimum atomic E-state index is 0.609. The van der Waals surface area contributed by atoms with E-state index in [-0.39, 0.29) is 0 Å². The Morgan fingerprint density at radius 1 is 0.706 bits per heavy atom. The lowest BCUT2D eigenvalue weighted by molar-refractivity contribution is 1.16. The van der Waals surface area contributed by atoms with Crippen molar-refractivity contribution < 1.29 is 0 Å². The molecule has 0 bridgehead atoms. The normalized spacial score (nSPS) is 14.4. The molecule has 82 valence electrons. The molecule has 6 nitrogen and oxygen atoms in total. The minimum absolute atomic E-state index is 0.609. The number of nitrogens with zero attached hydrogens (tertiary/aromatic N) is 6. The van der Waals surface area contributed by atoms with Gasteiger partial charge in [0, 0.05) is 31.2 Å². The Kier molecular flexibility index (Phi) is 2.38. The van der Waals surface area contributed by atoms with E-state index in [1.54, 1.807) is 37.2 Å². The van der Waals surface area contributed by atoms with E-state index in [4.69, 9.17) is 0 Å². The standard InChI is InChI=1S/C11H8N6/c1-3-14-10(6-12-1)8-5-9(17-16-8)11-7-13-2-4-15-11/h1-4,6-7H,5H2. The Morgan fingerprint density at radius 3 is 1.65 bits per heavy atom. The molecule has 0 atom stereocenters. The Balaban J connectivity index is 1.81. The monoisotopic (exact) mass is 224 g/mol. The van der Waals surface area contributed by atoms with Crippen LogP contribution in [-0.4, -0.2) is 31.4 Å². The first-order chi connectivity index (χ1) is 8.43. The van der Waals surface area contributed by atoms with E-state index in [0.717, 1.165) is 22.8 Å². The number of hydrogen-bond acceptors (Lipinski definition) is 6. The summed E-state index contributed by atoms with van der Waals surface area (Å²) in [5.41, 5.74) is 3.10. The molecule has 0 amide bonds. The maximum Gasteiger partial charge on any atom is 0.105 e. The van der Waals surface area contributed by atoms with Gasteiger partial charge in [0.15, 0.2) is 0 Å². The quantitative estimate of drug-likeness (QED) is 0.758. The summed E-state index contributed by atoms with van der Waals surface area (Å²) in [4.78, 5) is 16.4. The van der Waals surface area contributed by atoms with Gasteiger partial charge in [-0.1, -0.05) is 0 Å². The summed E-state index contributed by atoms with van der Waals surface area (Å²) in [5.74, 6) is 0. The van der Waals surface area contributed by atoms with Gasteiger partial charge in [0.2, 0.25) is 0 Å². The molecule has 1 aliphatic heterocycles. The van der Waals surface area contributed by atoms with Crippen molar-refractivity contribution in [2.24, 2.45) is 10.2 Å². The molecule has 0 aliphatic carbocycles. The van der Waals surface area contributed by atoms with Crippen LogP contribution < -0.4 is 0 Å². The highest BCUT2D eigenvalue weighted by atomic mass is 15.2. The molecule has 0 radical (unpaired) electrons. The number of aromatic nitrogens is 4. The summed E-state index contributed by atoms with van der Waals surface area (Å²) in [6.45, 7) is 0. The first-order valence-corrected chi connectivity index (χ1v) is 5.09. The zero-order valence-electron chi connectivity index (χ0n) is 8.85. The van der Waals surface area contributed by atoms with Crippen LogP contribution >= 0.6 is 0 Å². The van der Waals surface area contributed by atoms with Crippen molar-refractivity contribution in [3.05, 3.63) is 48.6 Å². The van der Waals surface area contributed by atoms with Gasteiger partial charge in [-0.3, -0.25) is 19.9 Å². The molecule has 0 spiro atoms. The van der Waals surface area contributed by atoms with Gasteiger partial charge in [0.1, 0.15) is 11.4 Å². The van der Waals surface area contributed by atoms with E-state index >= 15 is 0 Å². The third-order valence-corrected chi connectivity index (χ3v) is 2.34. The molecule has 2 aromatic rings. The lowest BCUT2D eigenvalue weighted by atomic mass is 10.1. The van der Waals surface area contributed by atoms with Crippen LogP contribution in [0.15, 0.2) is 47.4 Å². The van der Waals surface area contributed by atoms with Crippen molar-refractivity contribution in [1.82, 2.24) is 19.9 Å². The third kappa shape index (κ3) is 1.92. The maximum absolute atomic E-state index is 4.19. The van der Waals surface area contributed by atoms with Crippen molar-refractivity contribution in [3.8, 4) is 0 Å². The maximum atomic E-state index is 4.19. The van der Waals surface area contributed by atoms with Crippen molar-refractivity contribution in [3.63, 3.8) is 0 Å². The van der Waals surface area contributed by atoms with Crippen LogP contribution in [0.3, 0.4) is 0 Å². The Hall–Kier alpha value is -2.50. The van der Waals surface area contributed by atoms with Gasteiger partial charge in [0.05, 0.1) is 23.8 Å². The van der Waals surface area contributed by atoms with Crippen LogP contribution in [0, 0.1) is 0 Å². The summed E-state index contributed by atoms with van der Waals surface area (Å²) in [7, 11) is 0. The van der Waals surface area contributed by atoms with Crippen molar-refractivity contribution in [1.29, 1.82) is 0 Å². The molecular weight excluding hydrogens is 216 g/mol. The molecule has 0 saturated heterocycles. The predicted octanol–water partition coefficient (Wildman–Crippen LogP) is 0.864. The summed E-state index contributed by atoms with van der Waals surface area (Å²) < 4.78 is 0. The Morgan fingerprint density at radius 2 is 1.24 bits per heavy atom. The van der Waals surface area contributed by atoms with E-state index in [9.17, 15) is 0 Å². The van der Waals surface area contributed by atoms with Crippen LogP contribution in [0.5, 0.6) is 0 Å². The number of rotatable bonds is 2. The van der Waals surface area contributed by atoms with Crippen molar-refractivity contribution >= 4 is 11.4 Å². The highest BCUT2D eigenvalue weighted by molar-refractivity contribution is 6.18. The molecule has 3 rings (SSSR count). The lowest BCUT2D eigenvalue weighted by Crippen LogP contribution is -2.08. The Labute approximate surface area is 97.2 Å². The predicted molar refractivity (Wildman–Crippen MR) is 61.8 cm³/mol. The van der Waals surface area contributed by atoms with Crippen molar-refractivity contribution in [2.75, 3.05) is 0 Å². The van der Waals surface area contributed by atoms with Gasteiger partial charge in [0.25, 0.3) is 0 Å². The van der Waals surface area contributed by atoms with Gasteiger partial charge in [-0.25, -0.2) is 0 Å². The molecule has 0 aromatic carbocycles. The highest BCUT2D eigenvalue weighted by Crippen LogP contribution is 2.12. The average Bonchev–Trinajstić information content (AvgIpc) is 2.90. The molecule has 0 N–H and O–H groups in total. The van der Waals surface area contributed by atoms with E-state index in [2.05, 4.69) is 30.1 Å². The van der Waals surface area contributed by atoms with E-state index in [0.29, 0.717) is 6.42 Å². The first kappa shape index (κ1) is 9.71. The van der Waals surface area contributed by atoms with Crippen LogP contribution in [-0.2, 0) is 0 Å². The fourth-order valence-corrected chi connectivity index (χ4v) is 1.53. The van der Waals surface area contributed by atoms with Gasteiger partial charge in [-0.2, -0.15) is 10.2 Å². The molecule has 0 unspecified atom stereocenters. The van der Waals surface area contributed by atoms with Crippen LogP contribution in [0.4, 0.5) is 0 Å². The lowest BCUT2D eigenvalue weighted by Gasteiger charge is -1.98. The molecule has 17 heavy (non-hydrogen) atoms. The molecule has 2 aromatic heterocycles. The zero-order chi connectivity index (χ0) is 11.5. The van der Waals surface area contributed by atoms with E-state index < -0.39 is 0 Å². The topological polar surface area (TPSA) is 76.3 Å². The Bertz CT molecular complexity index is 522. The van der Waals surface area contributed by atoms with Gasteiger partial charge in [-0.15, -0.1) is 0 Å². The molecule has 0 fully saturated rings. The molecular formula is C11H8N6. The fourth-order valence-electron chi connectivity index (χ4n) is 1.53. The second kappa shape index (κ2) is 4.17.